The molecule has 4 nitrogen and oxygen atoms in total. The number of hydrogen-bond donors (Lipinski definition) is 1. The molecule has 3 unspecified atom stereocenters. The Labute approximate surface area is 151 Å². The minimum absolute atomic E-state index is 0.288. The van der Waals surface area contributed by atoms with Crippen LogP contribution in [-0.2, 0) is 4.79 Å². The maximum absolute atomic E-state index is 12.3. The van der Waals surface area contributed by atoms with E-state index in [0.29, 0.717) is 17.9 Å². The number of nitrogens with one attached hydrogen (secondary N) is 1. The van der Waals surface area contributed by atoms with Crippen LogP contribution in [-0.4, -0.2) is 49.6 Å². The Morgan fingerprint density at radius 3 is 2.56 bits per heavy atom. The third-order valence-electron chi connectivity index (χ3n) is 6.48. The van der Waals surface area contributed by atoms with Gasteiger partial charge in [0.2, 0.25) is 5.91 Å². The molecular weight excluding hydrogens is 310 g/mol. The van der Waals surface area contributed by atoms with Gasteiger partial charge in [-0.15, -0.1) is 0 Å². The number of rotatable bonds is 5. The van der Waals surface area contributed by atoms with Crippen molar-refractivity contribution in [1.82, 2.24) is 10.2 Å². The molecule has 0 radical (unpaired) electrons. The van der Waals surface area contributed by atoms with Crippen molar-refractivity contribution in [3.8, 4) is 0 Å². The predicted octanol–water partition coefficient (Wildman–Crippen LogP) is 2.89. The second-order valence-electron chi connectivity index (χ2n) is 7.98. The normalized spacial score (nSPS) is 30.2. The van der Waals surface area contributed by atoms with Gasteiger partial charge in [-0.05, 0) is 50.3 Å². The molecule has 4 heteroatoms. The number of benzene rings is 1. The summed E-state index contributed by atoms with van der Waals surface area (Å²) in [4.78, 5) is 17.3. The molecule has 2 aliphatic heterocycles. The molecular formula is C21H31N3O. The van der Waals surface area contributed by atoms with E-state index in [9.17, 15) is 4.79 Å². The summed E-state index contributed by atoms with van der Waals surface area (Å²) >= 11 is 0. The Kier molecular flexibility index (Phi) is 5.25. The first kappa shape index (κ1) is 16.9. The molecule has 1 amide bonds. The molecule has 0 aromatic heterocycles. The van der Waals surface area contributed by atoms with Crippen molar-refractivity contribution in [2.45, 2.75) is 44.6 Å². The minimum atomic E-state index is 0.288. The van der Waals surface area contributed by atoms with E-state index in [1.165, 1.54) is 31.4 Å². The van der Waals surface area contributed by atoms with Gasteiger partial charge in [0.05, 0.1) is 0 Å². The van der Waals surface area contributed by atoms with E-state index in [2.05, 4.69) is 45.4 Å². The fourth-order valence-electron chi connectivity index (χ4n) is 5.05. The van der Waals surface area contributed by atoms with E-state index in [4.69, 9.17) is 0 Å². The van der Waals surface area contributed by atoms with Gasteiger partial charge < -0.3 is 10.2 Å². The summed E-state index contributed by atoms with van der Waals surface area (Å²) in [7, 11) is 0. The first-order valence-corrected chi connectivity index (χ1v) is 10.1. The fourth-order valence-corrected chi connectivity index (χ4v) is 5.05. The van der Waals surface area contributed by atoms with E-state index in [1.54, 1.807) is 0 Å². The van der Waals surface area contributed by atoms with Crippen molar-refractivity contribution >= 4 is 11.6 Å². The molecule has 25 heavy (non-hydrogen) atoms. The van der Waals surface area contributed by atoms with Crippen LogP contribution in [0.1, 0.15) is 38.5 Å². The highest BCUT2D eigenvalue weighted by Crippen LogP contribution is 2.37. The third-order valence-corrected chi connectivity index (χ3v) is 6.48. The summed E-state index contributed by atoms with van der Waals surface area (Å²) in [6.07, 6.45) is 7.30. The molecule has 136 valence electrons. The lowest BCUT2D eigenvalue weighted by molar-refractivity contribution is -0.123. The van der Waals surface area contributed by atoms with Crippen molar-refractivity contribution < 1.29 is 4.79 Å². The smallest absolute Gasteiger partial charge is 0.223 e. The molecule has 1 aliphatic carbocycles. The Hall–Kier alpha value is -1.55. The van der Waals surface area contributed by atoms with Crippen LogP contribution in [0.25, 0.3) is 0 Å². The maximum atomic E-state index is 12.3. The van der Waals surface area contributed by atoms with E-state index in [-0.39, 0.29) is 5.92 Å². The lowest BCUT2D eigenvalue weighted by Crippen LogP contribution is -2.46. The molecule has 1 aromatic carbocycles. The van der Waals surface area contributed by atoms with E-state index < -0.39 is 0 Å². The summed E-state index contributed by atoms with van der Waals surface area (Å²) in [6, 6.07) is 11.2. The molecule has 3 aliphatic rings. The number of carbonyl (C=O) groups excluding carboxylic acids is 1. The standard InChI is InChI=1S/C21H31N3O/c25-21-19(18-9-4-5-11-20(18)22-21)10-6-12-23-13-15-24(16-14-23)17-7-2-1-3-8-17/h1-3,7-8,18-20H,4-6,9-16H2,(H,22,25). The molecule has 2 heterocycles. The Bertz CT molecular complexity index is 568. The summed E-state index contributed by atoms with van der Waals surface area (Å²) < 4.78 is 0. The highest BCUT2D eigenvalue weighted by molar-refractivity contribution is 5.81. The highest BCUT2D eigenvalue weighted by atomic mass is 16.2. The van der Waals surface area contributed by atoms with E-state index in [0.717, 1.165) is 45.6 Å². The van der Waals surface area contributed by atoms with Crippen molar-refractivity contribution in [2.24, 2.45) is 11.8 Å². The Morgan fingerprint density at radius 1 is 1.00 bits per heavy atom. The van der Waals surface area contributed by atoms with Crippen LogP contribution >= 0.6 is 0 Å². The molecule has 1 saturated carbocycles. The summed E-state index contributed by atoms with van der Waals surface area (Å²) in [5.74, 6) is 1.25. The van der Waals surface area contributed by atoms with Crippen LogP contribution in [0.4, 0.5) is 5.69 Å². The molecule has 3 fully saturated rings. The zero-order valence-electron chi connectivity index (χ0n) is 15.2. The van der Waals surface area contributed by atoms with Crippen molar-refractivity contribution in [1.29, 1.82) is 0 Å². The number of hydrogen-bond acceptors (Lipinski definition) is 3. The number of amides is 1. The number of piperazine rings is 1. The minimum Gasteiger partial charge on any atom is -0.369 e. The van der Waals surface area contributed by atoms with Gasteiger partial charge >= 0.3 is 0 Å². The van der Waals surface area contributed by atoms with Gasteiger partial charge in [0.25, 0.3) is 0 Å². The molecule has 2 saturated heterocycles. The number of carbonyl (C=O) groups is 1. The van der Waals surface area contributed by atoms with E-state index in [1.807, 2.05) is 0 Å². The average molecular weight is 341 g/mol. The molecule has 1 aromatic rings. The Morgan fingerprint density at radius 2 is 1.76 bits per heavy atom. The zero-order chi connectivity index (χ0) is 17.1. The van der Waals surface area contributed by atoms with Crippen LogP contribution in [0.3, 0.4) is 0 Å². The van der Waals surface area contributed by atoms with Crippen LogP contribution in [0, 0.1) is 11.8 Å². The largest absolute Gasteiger partial charge is 0.369 e. The molecule has 3 atom stereocenters. The topological polar surface area (TPSA) is 35.6 Å². The first-order valence-electron chi connectivity index (χ1n) is 10.1. The lowest BCUT2D eigenvalue weighted by Gasteiger charge is -2.36. The monoisotopic (exact) mass is 341 g/mol. The molecule has 4 rings (SSSR count). The van der Waals surface area contributed by atoms with Gasteiger partial charge in [-0.1, -0.05) is 31.0 Å². The van der Waals surface area contributed by atoms with Gasteiger partial charge in [0.15, 0.2) is 0 Å². The molecule has 0 bridgehead atoms. The van der Waals surface area contributed by atoms with Crippen molar-refractivity contribution in [3.05, 3.63) is 30.3 Å². The number of para-hydroxylation sites is 1. The number of anilines is 1. The van der Waals surface area contributed by atoms with Gasteiger partial charge in [-0.2, -0.15) is 0 Å². The third kappa shape index (κ3) is 3.84. The molecule has 0 spiro atoms. The number of nitrogens with zero attached hydrogens (tertiary/aromatic N) is 2. The van der Waals surface area contributed by atoms with Gasteiger partial charge in [0.1, 0.15) is 0 Å². The first-order chi connectivity index (χ1) is 12.3. The second-order valence-corrected chi connectivity index (χ2v) is 7.98. The summed E-state index contributed by atoms with van der Waals surface area (Å²) in [5, 5.41) is 3.26. The van der Waals surface area contributed by atoms with Gasteiger partial charge in [0, 0.05) is 43.8 Å². The average Bonchev–Trinajstić information content (AvgIpc) is 2.99. The van der Waals surface area contributed by atoms with Crippen molar-refractivity contribution in [2.75, 3.05) is 37.6 Å². The number of fused-ring (bicyclic) bond motifs is 1. The SMILES string of the molecule is O=C1NC2CCCCC2C1CCCN1CCN(c2ccccc2)CC1. The second kappa shape index (κ2) is 7.77. The van der Waals surface area contributed by atoms with Crippen molar-refractivity contribution in [3.63, 3.8) is 0 Å². The van der Waals surface area contributed by atoms with Crippen LogP contribution in [0.15, 0.2) is 30.3 Å². The quantitative estimate of drug-likeness (QED) is 0.894. The predicted molar refractivity (Wildman–Crippen MR) is 102 cm³/mol. The zero-order valence-corrected chi connectivity index (χ0v) is 15.2. The highest BCUT2D eigenvalue weighted by Gasteiger charge is 2.42. The van der Waals surface area contributed by atoms with Gasteiger partial charge in [-0.25, -0.2) is 0 Å². The summed E-state index contributed by atoms with van der Waals surface area (Å²) in [5.41, 5.74) is 1.34. The summed E-state index contributed by atoms with van der Waals surface area (Å²) in [6.45, 7) is 5.64. The van der Waals surface area contributed by atoms with Crippen LogP contribution < -0.4 is 10.2 Å². The van der Waals surface area contributed by atoms with Crippen LogP contribution in [0.5, 0.6) is 0 Å². The lowest BCUT2D eigenvalue weighted by atomic mass is 9.78. The Balaban J connectivity index is 1.20. The maximum Gasteiger partial charge on any atom is 0.223 e. The molecule has 1 N–H and O–H groups in total. The van der Waals surface area contributed by atoms with E-state index >= 15 is 0 Å². The van der Waals surface area contributed by atoms with Gasteiger partial charge in [-0.3, -0.25) is 9.69 Å². The van der Waals surface area contributed by atoms with Crippen LogP contribution in [0.2, 0.25) is 0 Å². The fraction of sp³-hybridized carbons (Fsp3) is 0.667.